The SMILES string of the molecule is O=C(NCc1ccc(Br)s1)c1cccc(Br)n1. The fraction of sp³-hybridized carbons (Fsp3) is 0.0909. The van der Waals surface area contributed by atoms with Crippen molar-refractivity contribution in [2.45, 2.75) is 6.54 Å². The van der Waals surface area contributed by atoms with E-state index in [9.17, 15) is 4.79 Å². The van der Waals surface area contributed by atoms with E-state index in [0.717, 1.165) is 8.66 Å². The van der Waals surface area contributed by atoms with E-state index < -0.39 is 0 Å². The average molecular weight is 376 g/mol. The number of nitrogens with zero attached hydrogens (tertiary/aromatic N) is 1. The minimum absolute atomic E-state index is 0.171. The molecule has 0 aromatic carbocycles. The molecular formula is C11H8Br2N2OS. The monoisotopic (exact) mass is 374 g/mol. The maximum absolute atomic E-state index is 11.8. The van der Waals surface area contributed by atoms with Crippen molar-refractivity contribution in [3.63, 3.8) is 0 Å². The Bertz CT molecular complexity index is 542. The molecule has 0 atom stereocenters. The van der Waals surface area contributed by atoms with Crippen molar-refractivity contribution in [2.75, 3.05) is 0 Å². The molecule has 0 aliphatic carbocycles. The van der Waals surface area contributed by atoms with Crippen LogP contribution < -0.4 is 5.32 Å². The second-order valence-electron chi connectivity index (χ2n) is 3.23. The van der Waals surface area contributed by atoms with Crippen LogP contribution in [-0.2, 0) is 6.54 Å². The molecule has 2 aromatic rings. The molecule has 0 unspecified atom stereocenters. The van der Waals surface area contributed by atoms with Gasteiger partial charge in [-0.05, 0) is 56.1 Å². The maximum atomic E-state index is 11.8. The molecule has 0 bridgehead atoms. The van der Waals surface area contributed by atoms with E-state index in [-0.39, 0.29) is 5.91 Å². The Morgan fingerprint density at radius 2 is 2.12 bits per heavy atom. The van der Waals surface area contributed by atoms with Crippen molar-refractivity contribution in [1.29, 1.82) is 0 Å². The number of amides is 1. The van der Waals surface area contributed by atoms with Crippen molar-refractivity contribution in [3.05, 3.63) is 49.3 Å². The van der Waals surface area contributed by atoms with E-state index in [2.05, 4.69) is 42.2 Å². The smallest absolute Gasteiger partial charge is 0.270 e. The minimum Gasteiger partial charge on any atom is -0.346 e. The van der Waals surface area contributed by atoms with E-state index in [1.54, 1.807) is 29.5 Å². The van der Waals surface area contributed by atoms with Crippen LogP contribution in [0.15, 0.2) is 38.7 Å². The number of nitrogens with one attached hydrogen (secondary N) is 1. The third-order valence-electron chi connectivity index (χ3n) is 2.00. The van der Waals surface area contributed by atoms with Crippen LogP contribution in [0.4, 0.5) is 0 Å². The Balaban J connectivity index is 1.98. The topological polar surface area (TPSA) is 42.0 Å². The number of aromatic nitrogens is 1. The molecule has 88 valence electrons. The van der Waals surface area contributed by atoms with E-state index in [1.807, 2.05) is 12.1 Å². The predicted molar refractivity (Wildman–Crippen MR) is 75.1 cm³/mol. The molecule has 1 N–H and O–H groups in total. The predicted octanol–water partition coefficient (Wildman–Crippen LogP) is 3.60. The van der Waals surface area contributed by atoms with Crippen molar-refractivity contribution in [1.82, 2.24) is 10.3 Å². The number of rotatable bonds is 3. The lowest BCUT2D eigenvalue weighted by Gasteiger charge is -2.02. The van der Waals surface area contributed by atoms with E-state index in [0.29, 0.717) is 16.8 Å². The van der Waals surface area contributed by atoms with Gasteiger partial charge in [-0.3, -0.25) is 4.79 Å². The second kappa shape index (κ2) is 5.75. The lowest BCUT2D eigenvalue weighted by atomic mass is 10.3. The van der Waals surface area contributed by atoms with Crippen LogP contribution in [0, 0.1) is 0 Å². The summed E-state index contributed by atoms with van der Waals surface area (Å²) in [7, 11) is 0. The number of carbonyl (C=O) groups is 1. The molecule has 2 aromatic heterocycles. The molecule has 2 heterocycles. The third kappa shape index (κ3) is 3.62. The van der Waals surface area contributed by atoms with Gasteiger partial charge in [0.1, 0.15) is 10.3 Å². The Morgan fingerprint density at radius 1 is 1.29 bits per heavy atom. The number of thiophene rings is 1. The Kier molecular flexibility index (Phi) is 4.31. The maximum Gasteiger partial charge on any atom is 0.270 e. The summed E-state index contributed by atoms with van der Waals surface area (Å²) >= 11 is 8.22. The van der Waals surface area contributed by atoms with Crippen molar-refractivity contribution in [3.8, 4) is 0 Å². The van der Waals surface area contributed by atoms with Gasteiger partial charge in [-0.15, -0.1) is 11.3 Å². The van der Waals surface area contributed by atoms with Crippen LogP contribution in [0.5, 0.6) is 0 Å². The van der Waals surface area contributed by atoms with Gasteiger partial charge < -0.3 is 5.32 Å². The molecule has 3 nitrogen and oxygen atoms in total. The minimum atomic E-state index is -0.171. The summed E-state index contributed by atoms with van der Waals surface area (Å²) in [5, 5.41) is 2.82. The summed E-state index contributed by atoms with van der Waals surface area (Å²) in [5.41, 5.74) is 0.412. The standard InChI is InChI=1S/C11H8Br2N2OS/c12-9-3-1-2-8(15-9)11(16)14-6-7-4-5-10(13)17-7/h1-5H,6H2,(H,14,16). The summed E-state index contributed by atoms with van der Waals surface area (Å²) in [5.74, 6) is -0.171. The fourth-order valence-corrected chi connectivity index (χ4v) is 3.01. The lowest BCUT2D eigenvalue weighted by Crippen LogP contribution is -2.23. The first kappa shape index (κ1) is 12.7. The van der Waals surface area contributed by atoms with Gasteiger partial charge in [0.2, 0.25) is 0 Å². The number of carbonyl (C=O) groups excluding carboxylic acids is 1. The largest absolute Gasteiger partial charge is 0.346 e. The van der Waals surface area contributed by atoms with Crippen LogP contribution in [0.25, 0.3) is 0 Å². The molecule has 2 rings (SSSR count). The fourth-order valence-electron chi connectivity index (χ4n) is 1.24. The highest BCUT2D eigenvalue weighted by atomic mass is 79.9. The number of halogens is 2. The van der Waals surface area contributed by atoms with Crippen LogP contribution in [0.2, 0.25) is 0 Å². The Labute approximate surface area is 120 Å². The highest BCUT2D eigenvalue weighted by Gasteiger charge is 2.07. The van der Waals surface area contributed by atoms with Gasteiger partial charge in [-0.2, -0.15) is 0 Å². The molecule has 0 aliphatic heterocycles. The summed E-state index contributed by atoms with van der Waals surface area (Å²) in [6, 6.07) is 9.19. The van der Waals surface area contributed by atoms with Gasteiger partial charge in [0.25, 0.3) is 5.91 Å². The van der Waals surface area contributed by atoms with Gasteiger partial charge >= 0.3 is 0 Å². The molecule has 0 fully saturated rings. The van der Waals surface area contributed by atoms with Gasteiger partial charge in [0.15, 0.2) is 0 Å². The number of hydrogen-bond donors (Lipinski definition) is 1. The van der Waals surface area contributed by atoms with Crippen LogP contribution in [0.3, 0.4) is 0 Å². The van der Waals surface area contributed by atoms with Gasteiger partial charge in [0.05, 0.1) is 10.3 Å². The average Bonchev–Trinajstić information content (AvgIpc) is 2.72. The molecule has 6 heteroatoms. The van der Waals surface area contributed by atoms with E-state index in [4.69, 9.17) is 0 Å². The van der Waals surface area contributed by atoms with Gasteiger partial charge in [-0.25, -0.2) is 4.98 Å². The highest BCUT2D eigenvalue weighted by Crippen LogP contribution is 2.21. The lowest BCUT2D eigenvalue weighted by molar-refractivity contribution is 0.0946. The molecule has 0 spiro atoms. The summed E-state index contributed by atoms with van der Waals surface area (Å²) in [4.78, 5) is 17.0. The first-order valence-corrected chi connectivity index (χ1v) is 7.20. The quantitative estimate of drug-likeness (QED) is 0.832. The van der Waals surface area contributed by atoms with Gasteiger partial charge in [-0.1, -0.05) is 6.07 Å². The van der Waals surface area contributed by atoms with Crippen LogP contribution in [0.1, 0.15) is 15.4 Å². The van der Waals surface area contributed by atoms with Crippen LogP contribution in [-0.4, -0.2) is 10.9 Å². The Morgan fingerprint density at radius 3 is 2.76 bits per heavy atom. The zero-order chi connectivity index (χ0) is 12.3. The molecule has 17 heavy (non-hydrogen) atoms. The molecule has 0 saturated carbocycles. The van der Waals surface area contributed by atoms with Crippen molar-refractivity contribution in [2.24, 2.45) is 0 Å². The van der Waals surface area contributed by atoms with Gasteiger partial charge in [0, 0.05) is 4.88 Å². The van der Waals surface area contributed by atoms with E-state index in [1.165, 1.54) is 0 Å². The number of hydrogen-bond acceptors (Lipinski definition) is 3. The van der Waals surface area contributed by atoms with Crippen molar-refractivity contribution >= 4 is 49.1 Å². The third-order valence-corrected chi connectivity index (χ3v) is 4.07. The summed E-state index contributed by atoms with van der Waals surface area (Å²) in [6.07, 6.45) is 0. The normalized spacial score (nSPS) is 10.2. The van der Waals surface area contributed by atoms with Crippen molar-refractivity contribution < 1.29 is 4.79 Å². The highest BCUT2D eigenvalue weighted by molar-refractivity contribution is 9.11. The Hall–Kier alpha value is -0.720. The van der Waals surface area contributed by atoms with Crippen LogP contribution >= 0.6 is 43.2 Å². The molecule has 0 saturated heterocycles. The zero-order valence-corrected chi connectivity index (χ0v) is 12.6. The first-order chi connectivity index (χ1) is 8.15. The molecule has 0 aliphatic rings. The summed E-state index contributed by atoms with van der Waals surface area (Å²) < 4.78 is 1.71. The zero-order valence-electron chi connectivity index (χ0n) is 8.61. The molecule has 0 radical (unpaired) electrons. The first-order valence-electron chi connectivity index (χ1n) is 4.80. The summed E-state index contributed by atoms with van der Waals surface area (Å²) in [6.45, 7) is 0.517. The second-order valence-corrected chi connectivity index (χ2v) is 6.59. The van der Waals surface area contributed by atoms with E-state index >= 15 is 0 Å². The molecular weight excluding hydrogens is 368 g/mol. The molecule has 1 amide bonds. The number of pyridine rings is 1.